The molecule has 1 fully saturated rings. The molecule has 1 saturated carbocycles. The highest BCUT2D eigenvalue weighted by molar-refractivity contribution is 6.30. The van der Waals surface area contributed by atoms with Crippen LogP contribution in [0.2, 0.25) is 5.02 Å². The smallest absolute Gasteiger partial charge is 0.0976 e. The van der Waals surface area contributed by atoms with E-state index in [0.29, 0.717) is 5.02 Å². The van der Waals surface area contributed by atoms with Gasteiger partial charge in [-0.2, -0.15) is 5.26 Å². The van der Waals surface area contributed by atoms with Gasteiger partial charge in [-0.1, -0.05) is 36.6 Å². The molecule has 1 atom stereocenters. The summed E-state index contributed by atoms with van der Waals surface area (Å²) in [7, 11) is 0. The fraction of sp³-hybridized carbons (Fsp3) is 0.462. The van der Waals surface area contributed by atoms with E-state index in [1.165, 1.54) is 0 Å². The third kappa shape index (κ3) is 1.93. The summed E-state index contributed by atoms with van der Waals surface area (Å²) in [5.41, 5.74) is 0.196. The van der Waals surface area contributed by atoms with Crippen molar-refractivity contribution in [1.82, 2.24) is 0 Å². The van der Waals surface area contributed by atoms with E-state index in [0.717, 1.165) is 31.2 Å². The first kappa shape index (κ1) is 11.4. The van der Waals surface area contributed by atoms with Crippen molar-refractivity contribution < 1.29 is 5.11 Å². The Kier molecular flexibility index (Phi) is 3.18. The van der Waals surface area contributed by atoms with Gasteiger partial charge in [0.05, 0.1) is 17.6 Å². The van der Waals surface area contributed by atoms with E-state index in [4.69, 9.17) is 11.6 Å². The van der Waals surface area contributed by atoms with Crippen molar-refractivity contribution in [2.24, 2.45) is 5.41 Å². The molecule has 0 spiro atoms. The number of hydrogen-bond donors (Lipinski definition) is 1. The third-order valence-electron chi connectivity index (χ3n) is 3.43. The van der Waals surface area contributed by atoms with Crippen molar-refractivity contribution in [3.63, 3.8) is 0 Å². The molecule has 3 heteroatoms. The Morgan fingerprint density at radius 1 is 1.25 bits per heavy atom. The number of nitrogens with zero attached hydrogens (tertiary/aromatic N) is 1. The van der Waals surface area contributed by atoms with Gasteiger partial charge < -0.3 is 5.11 Å². The van der Waals surface area contributed by atoms with Gasteiger partial charge in [-0.15, -0.1) is 0 Å². The largest absolute Gasteiger partial charge is 0.387 e. The minimum absolute atomic E-state index is 0.589. The minimum Gasteiger partial charge on any atom is -0.387 e. The lowest BCUT2D eigenvalue weighted by molar-refractivity contribution is 0.0671. The number of hydrogen-bond acceptors (Lipinski definition) is 2. The van der Waals surface area contributed by atoms with Crippen LogP contribution in [0, 0.1) is 16.7 Å². The molecule has 0 saturated heterocycles. The number of aliphatic hydroxyl groups excluding tert-OH is 1. The van der Waals surface area contributed by atoms with Gasteiger partial charge in [-0.05, 0) is 30.5 Å². The summed E-state index contributed by atoms with van der Waals surface area (Å²) in [4.78, 5) is 0. The maximum Gasteiger partial charge on any atom is 0.0976 e. The second-order valence-corrected chi connectivity index (χ2v) is 4.87. The Labute approximate surface area is 100 Å². The molecule has 2 nitrogen and oxygen atoms in total. The second-order valence-electron chi connectivity index (χ2n) is 4.43. The number of nitriles is 1. The highest BCUT2D eigenvalue weighted by Crippen LogP contribution is 2.47. The first-order valence-corrected chi connectivity index (χ1v) is 5.90. The van der Waals surface area contributed by atoms with Crippen LogP contribution in [0.5, 0.6) is 0 Å². The second kappa shape index (κ2) is 4.45. The fourth-order valence-electron chi connectivity index (χ4n) is 2.42. The van der Waals surface area contributed by atoms with E-state index < -0.39 is 11.5 Å². The van der Waals surface area contributed by atoms with Gasteiger partial charge in [0.2, 0.25) is 0 Å². The normalized spacial score (nSPS) is 20.3. The van der Waals surface area contributed by atoms with Crippen molar-refractivity contribution >= 4 is 11.6 Å². The zero-order valence-corrected chi connectivity index (χ0v) is 9.74. The van der Waals surface area contributed by atoms with Crippen LogP contribution in [0.1, 0.15) is 37.4 Å². The molecule has 0 amide bonds. The van der Waals surface area contributed by atoms with Gasteiger partial charge >= 0.3 is 0 Å². The van der Waals surface area contributed by atoms with Crippen LogP contribution in [0.3, 0.4) is 0 Å². The summed E-state index contributed by atoms with van der Waals surface area (Å²) in [5, 5.41) is 20.2. The molecule has 1 aliphatic carbocycles. The van der Waals surface area contributed by atoms with Gasteiger partial charge in [0, 0.05) is 5.02 Å². The average molecular weight is 236 g/mol. The van der Waals surface area contributed by atoms with Crippen LogP contribution in [-0.4, -0.2) is 5.11 Å². The maximum atomic E-state index is 10.3. The van der Waals surface area contributed by atoms with Gasteiger partial charge in [0.1, 0.15) is 0 Å². The lowest BCUT2D eigenvalue weighted by Gasteiger charge is -2.27. The number of aliphatic hydroxyl groups is 1. The molecule has 1 unspecified atom stereocenters. The zero-order chi connectivity index (χ0) is 11.6. The standard InChI is InChI=1S/C13H14ClNO/c14-11-5-3-10(4-6-11)12(16)13(9-15)7-1-2-8-13/h3-6,12,16H,1-2,7-8H2. The molecule has 0 aromatic heterocycles. The number of benzene rings is 1. The van der Waals surface area contributed by atoms with E-state index in [9.17, 15) is 10.4 Å². The van der Waals surface area contributed by atoms with E-state index in [2.05, 4.69) is 6.07 Å². The molecule has 84 valence electrons. The van der Waals surface area contributed by atoms with Crippen LogP contribution in [0.15, 0.2) is 24.3 Å². The Morgan fingerprint density at radius 3 is 2.31 bits per heavy atom. The Balaban J connectivity index is 2.27. The van der Waals surface area contributed by atoms with E-state index >= 15 is 0 Å². The van der Waals surface area contributed by atoms with Crippen molar-refractivity contribution in [3.05, 3.63) is 34.9 Å². The topological polar surface area (TPSA) is 44.0 Å². The van der Waals surface area contributed by atoms with Gasteiger partial charge in [-0.25, -0.2) is 0 Å². The number of rotatable bonds is 2. The van der Waals surface area contributed by atoms with Crippen molar-refractivity contribution in [3.8, 4) is 6.07 Å². The minimum atomic E-state index is -0.697. The average Bonchev–Trinajstić information content (AvgIpc) is 2.79. The zero-order valence-electron chi connectivity index (χ0n) is 8.99. The molecule has 2 rings (SSSR count). The van der Waals surface area contributed by atoms with E-state index in [1.54, 1.807) is 24.3 Å². The Hall–Kier alpha value is -1.04. The lowest BCUT2D eigenvalue weighted by Crippen LogP contribution is -2.23. The molecule has 1 aromatic carbocycles. The monoisotopic (exact) mass is 235 g/mol. The molecule has 1 aromatic rings. The molecule has 0 bridgehead atoms. The quantitative estimate of drug-likeness (QED) is 0.853. The Bertz CT molecular complexity index is 401. The first-order valence-electron chi connectivity index (χ1n) is 5.53. The highest BCUT2D eigenvalue weighted by Gasteiger charge is 2.41. The maximum absolute atomic E-state index is 10.3. The fourth-order valence-corrected chi connectivity index (χ4v) is 2.54. The van der Waals surface area contributed by atoms with Gasteiger partial charge in [0.15, 0.2) is 0 Å². The van der Waals surface area contributed by atoms with Crippen LogP contribution < -0.4 is 0 Å². The van der Waals surface area contributed by atoms with Crippen molar-refractivity contribution in [1.29, 1.82) is 5.26 Å². The van der Waals surface area contributed by atoms with Crippen LogP contribution >= 0.6 is 11.6 Å². The molecular weight excluding hydrogens is 222 g/mol. The number of halogens is 1. The van der Waals surface area contributed by atoms with E-state index in [-0.39, 0.29) is 0 Å². The van der Waals surface area contributed by atoms with E-state index in [1.807, 2.05) is 0 Å². The Morgan fingerprint density at radius 2 is 1.81 bits per heavy atom. The van der Waals surface area contributed by atoms with Gasteiger partial charge in [-0.3, -0.25) is 0 Å². The predicted molar refractivity (Wildman–Crippen MR) is 62.9 cm³/mol. The lowest BCUT2D eigenvalue weighted by atomic mass is 9.79. The highest BCUT2D eigenvalue weighted by atomic mass is 35.5. The van der Waals surface area contributed by atoms with Gasteiger partial charge in [0.25, 0.3) is 0 Å². The molecule has 0 radical (unpaired) electrons. The molecular formula is C13H14ClNO. The van der Waals surface area contributed by atoms with Crippen molar-refractivity contribution in [2.45, 2.75) is 31.8 Å². The summed E-state index contributed by atoms with van der Waals surface area (Å²) < 4.78 is 0. The molecule has 1 N–H and O–H groups in total. The summed E-state index contributed by atoms with van der Waals surface area (Å²) in [6, 6.07) is 9.40. The summed E-state index contributed by atoms with van der Waals surface area (Å²) in [6.07, 6.45) is 2.93. The molecule has 1 aliphatic rings. The van der Waals surface area contributed by atoms with Crippen molar-refractivity contribution in [2.75, 3.05) is 0 Å². The molecule has 0 heterocycles. The van der Waals surface area contributed by atoms with Crippen LogP contribution in [0.25, 0.3) is 0 Å². The molecule has 16 heavy (non-hydrogen) atoms. The van der Waals surface area contributed by atoms with Crippen LogP contribution in [-0.2, 0) is 0 Å². The summed E-state index contributed by atoms with van der Waals surface area (Å²) in [6.45, 7) is 0. The molecule has 0 aliphatic heterocycles. The van der Waals surface area contributed by atoms with Crippen LogP contribution in [0.4, 0.5) is 0 Å². The SMILES string of the molecule is N#CC1(C(O)c2ccc(Cl)cc2)CCCC1. The summed E-state index contributed by atoms with van der Waals surface area (Å²) >= 11 is 5.80. The third-order valence-corrected chi connectivity index (χ3v) is 3.68. The first-order chi connectivity index (χ1) is 7.68. The predicted octanol–water partition coefficient (Wildman–Crippen LogP) is 3.46. The summed E-state index contributed by atoms with van der Waals surface area (Å²) in [5.74, 6) is 0.